The van der Waals surface area contributed by atoms with Gasteiger partial charge in [0.15, 0.2) is 5.82 Å². The van der Waals surface area contributed by atoms with Crippen LogP contribution in [0, 0.1) is 11.3 Å². The predicted octanol–water partition coefficient (Wildman–Crippen LogP) is -0.0559. The summed E-state index contributed by atoms with van der Waals surface area (Å²) in [6.07, 6.45) is 0. The Kier molecular flexibility index (Phi) is 3.54. The van der Waals surface area contributed by atoms with E-state index >= 15 is 0 Å². The Morgan fingerprint density at radius 3 is 2.71 bits per heavy atom. The Hall–Kier alpha value is -1.48. The minimum atomic E-state index is 0.304. The Bertz CT molecular complexity index is 323. The fraction of sp³-hybridized carbons (Fsp3) is 0.750. The molecule has 1 aromatic rings. The van der Waals surface area contributed by atoms with E-state index in [1.54, 1.807) is 7.05 Å². The van der Waals surface area contributed by atoms with E-state index < -0.39 is 0 Å². The van der Waals surface area contributed by atoms with Crippen molar-refractivity contribution in [3.8, 4) is 6.07 Å². The molecular weight excluding hydrogens is 180 g/mol. The van der Waals surface area contributed by atoms with Crippen molar-refractivity contribution in [1.29, 1.82) is 5.26 Å². The van der Waals surface area contributed by atoms with Gasteiger partial charge >= 0.3 is 0 Å². The molecule has 0 aromatic carbocycles. The molecule has 1 heterocycles. The Balaban J connectivity index is 2.60. The van der Waals surface area contributed by atoms with Crippen LogP contribution in [0.15, 0.2) is 0 Å². The van der Waals surface area contributed by atoms with E-state index in [0.29, 0.717) is 25.0 Å². The molecule has 0 spiro atoms. The van der Waals surface area contributed by atoms with Crippen LogP contribution in [0.4, 0.5) is 0 Å². The fourth-order valence-electron chi connectivity index (χ4n) is 1.08. The molecule has 0 radical (unpaired) electrons. The van der Waals surface area contributed by atoms with Gasteiger partial charge in [0, 0.05) is 6.04 Å². The first kappa shape index (κ1) is 10.6. The average Bonchev–Trinajstić information content (AvgIpc) is 2.50. The number of hydrogen-bond acceptors (Lipinski definition) is 5. The standard InChI is InChI=1S/C8H14N6/c1-7(2)14(5-4-9)6-8-10-12-13(3)11-8/h7H,5-6H2,1-3H3. The molecule has 6 nitrogen and oxygen atoms in total. The van der Waals surface area contributed by atoms with E-state index in [2.05, 4.69) is 21.5 Å². The second-order valence-corrected chi connectivity index (χ2v) is 3.35. The first-order valence-electron chi connectivity index (χ1n) is 4.47. The molecule has 14 heavy (non-hydrogen) atoms. The van der Waals surface area contributed by atoms with Crippen LogP contribution in [0.3, 0.4) is 0 Å². The van der Waals surface area contributed by atoms with Gasteiger partial charge < -0.3 is 0 Å². The summed E-state index contributed by atoms with van der Waals surface area (Å²) in [5, 5.41) is 20.3. The SMILES string of the molecule is CC(C)N(CC#N)Cc1nnn(C)n1. The normalized spacial score (nSPS) is 10.9. The van der Waals surface area contributed by atoms with E-state index in [1.807, 2.05) is 18.7 Å². The second-order valence-electron chi connectivity index (χ2n) is 3.35. The molecule has 0 amide bonds. The van der Waals surface area contributed by atoms with E-state index in [1.165, 1.54) is 4.80 Å². The molecule has 0 aliphatic carbocycles. The third-order valence-electron chi connectivity index (χ3n) is 1.90. The summed E-state index contributed by atoms with van der Waals surface area (Å²) < 4.78 is 0. The van der Waals surface area contributed by atoms with Crippen molar-refractivity contribution < 1.29 is 0 Å². The number of aryl methyl sites for hydroxylation is 1. The monoisotopic (exact) mass is 194 g/mol. The van der Waals surface area contributed by atoms with Crippen LogP contribution in [-0.4, -0.2) is 37.7 Å². The second kappa shape index (κ2) is 4.67. The third kappa shape index (κ3) is 2.78. The summed E-state index contributed by atoms with van der Waals surface area (Å²) in [6.45, 7) is 5.02. The maximum atomic E-state index is 8.62. The molecule has 76 valence electrons. The van der Waals surface area contributed by atoms with Crippen LogP contribution < -0.4 is 0 Å². The van der Waals surface area contributed by atoms with Crippen molar-refractivity contribution in [3.05, 3.63) is 5.82 Å². The minimum Gasteiger partial charge on any atom is -0.280 e. The number of aromatic nitrogens is 4. The molecule has 0 bridgehead atoms. The van der Waals surface area contributed by atoms with Crippen molar-refractivity contribution in [3.63, 3.8) is 0 Å². The highest BCUT2D eigenvalue weighted by Gasteiger charge is 2.12. The molecule has 0 unspecified atom stereocenters. The lowest BCUT2D eigenvalue weighted by Gasteiger charge is -2.21. The van der Waals surface area contributed by atoms with Crippen LogP contribution in [0.5, 0.6) is 0 Å². The van der Waals surface area contributed by atoms with Crippen LogP contribution in [0.1, 0.15) is 19.7 Å². The van der Waals surface area contributed by atoms with E-state index in [4.69, 9.17) is 5.26 Å². The van der Waals surface area contributed by atoms with Crippen molar-refractivity contribution >= 4 is 0 Å². The number of hydrogen-bond donors (Lipinski definition) is 0. The summed E-state index contributed by atoms with van der Waals surface area (Å²) in [6, 6.07) is 2.42. The zero-order valence-corrected chi connectivity index (χ0v) is 8.67. The molecule has 1 rings (SSSR count). The molecule has 0 saturated carbocycles. The van der Waals surface area contributed by atoms with E-state index in [9.17, 15) is 0 Å². The summed E-state index contributed by atoms with van der Waals surface area (Å²) in [4.78, 5) is 3.40. The van der Waals surface area contributed by atoms with Crippen LogP contribution >= 0.6 is 0 Å². The third-order valence-corrected chi connectivity index (χ3v) is 1.90. The minimum absolute atomic E-state index is 0.304. The largest absolute Gasteiger partial charge is 0.280 e. The summed E-state index contributed by atoms with van der Waals surface area (Å²) in [5.74, 6) is 0.649. The van der Waals surface area contributed by atoms with Crippen molar-refractivity contribution in [1.82, 2.24) is 25.1 Å². The molecule has 0 aliphatic rings. The lowest BCUT2D eigenvalue weighted by Crippen LogP contribution is -2.31. The zero-order chi connectivity index (χ0) is 10.6. The number of tetrazole rings is 1. The maximum absolute atomic E-state index is 8.62. The summed E-state index contributed by atoms with van der Waals surface area (Å²) in [5.41, 5.74) is 0. The van der Waals surface area contributed by atoms with Gasteiger partial charge in [-0.25, -0.2) is 0 Å². The molecule has 0 saturated heterocycles. The van der Waals surface area contributed by atoms with Gasteiger partial charge in [0.25, 0.3) is 0 Å². The number of nitrogens with zero attached hydrogens (tertiary/aromatic N) is 6. The topological polar surface area (TPSA) is 70.6 Å². The average molecular weight is 194 g/mol. The quantitative estimate of drug-likeness (QED) is 0.628. The van der Waals surface area contributed by atoms with Gasteiger partial charge in [-0.05, 0) is 19.1 Å². The Labute approximate surface area is 83.1 Å². The first-order chi connectivity index (χ1) is 6.63. The summed E-state index contributed by atoms with van der Waals surface area (Å²) >= 11 is 0. The number of nitriles is 1. The Morgan fingerprint density at radius 1 is 1.57 bits per heavy atom. The molecule has 0 aliphatic heterocycles. The fourth-order valence-corrected chi connectivity index (χ4v) is 1.08. The molecule has 0 atom stereocenters. The number of rotatable bonds is 4. The maximum Gasteiger partial charge on any atom is 0.188 e. The first-order valence-corrected chi connectivity index (χ1v) is 4.47. The Morgan fingerprint density at radius 2 is 2.29 bits per heavy atom. The van der Waals surface area contributed by atoms with Crippen molar-refractivity contribution in [2.45, 2.75) is 26.4 Å². The van der Waals surface area contributed by atoms with Crippen LogP contribution in [0.25, 0.3) is 0 Å². The van der Waals surface area contributed by atoms with Crippen molar-refractivity contribution in [2.24, 2.45) is 7.05 Å². The molecule has 1 aromatic heterocycles. The van der Waals surface area contributed by atoms with Crippen molar-refractivity contribution in [2.75, 3.05) is 6.54 Å². The lowest BCUT2D eigenvalue weighted by atomic mass is 10.3. The van der Waals surface area contributed by atoms with Gasteiger partial charge in [-0.15, -0.1) is 10.2 Å². The molecule has 0 N–H and O–H groups in total. The van der Waals surface area contributed by atoms with E-state index in [0.717, 1.165) is 0 Å². The van der Waals surface area contributed by atoms with Gasteiger partial charge in [0.05, 0.1) is 26.2 Å². The highest BCUT2D eigenvalue weighted by Crippen LogP contribution is 2.02. The molecular formula is C8H14N6. The molecule has 0 fully saturated rings. The smallest absolute Gasteiger partial charge is 0.188 e. The van der Waals surface area contributed by atoms with E-state index in [-0.39, 0.29) is 0 Å². The van der Waals surface area contributed by atoms with Crippen LogP contribution in [0.2, 0.25) is 0 Å². The van der Waals surface area contributed by atoms with Gasteiger partial charge in [0.2, 0.25) is 0 Å². The highest BCUT2D eigenvalue weighted by molar-refractivity contribution is 4.84. The van der Waals surface area contributed by atoms with Gasteiger partial charge in [-0.1, -0.05) is 0 Å². The zero-order valence-electron chi connectivity index (χ0n) is 8.67. The summed E-state index contributed by atoms with van der Waals surface area (Å²) in [7, 11) is 1.72. The predicted molar refractivity (Wildman–Crippen MR) is 50.0 cm³/mol. The van der Waals surface area contributed by atoms with Gasteiger partial charge in [-0.3, -0.25) is 4.90 Å². The lowest BCUT2D eigenvalue weighted by molar-refractivity contribution is 0.234. The van der Waals surface area contributed by atoms with Crippen LogP contribution in [-0.2, 0) is 13.6 Å². The molecule has 6 heteroatoms. The highest BCUT2D eigenvalue weighted by atomic mass is 15.6. The van der Waals surface area contributed by atoms with Gasteiger partial charge in [0.1, 0.15) is 0 Å². The van der Waals surface area contributed by atoms with Gasteiger partial charge in [-0.2, -0.15) is 10.1 Å².